The van der Waals surface area contributed by atoms with Gasteiger partial charge < -0.3 is 50.8 Å². The maximum absolute atomic E-state index is 14.6. The third kappa shape index (κ3) is 16.0. The first-order valence-corrected chi connectivity index (χ1v) is 24.2. The van der Waals surface area contributed by atoms with Crippen LogP contribution in [-0.2, 0) is 59.1 Å². The topological polar surface area (TPSA) is 259 Å². The molecule has 0 bridgehead atoms. The van der Waals surface area contributed by atoms with Gasteiger partial charge in [-0.05, 0) is 83.4 Å². The molecule has 1 fully saturated rings. The molecule has 9 atom stereocenters. The summed E-state index contributed by atoms with van der Waals surface area (Å²) in [5, 5.41) is 13.2. The second-order valence-electron chi connectivity index (χ2n) is 19.8. The summed E-state index contributed by atoms with van der Waals surface area (Å²) < 4.78 is 11.0. The van der Waals surface area contributed by atoms with E-state index < -0.39 is 138 Å². The minimum atomic E-state index is -1.79. The van der Waals surface area contributed by atoms with Crippen LogP contribution in [0.1, 0.15) is 108 Å². The molecule has 0 aliphatic carbocycles. The van der Waals surface area contributed by atoms with E-state index in [1.54, 1.807) is 58.9 Å². The molecule has 0 unspecified atom stereocenters. The number of carbonyl (C=O) groups excluding carboxylic acids is 10. The summed E-state index contributed by atoms with van der Waals surface area (Å²) in [6.45, 7) is 18.3. The van der Waals surface area contributed by atoms with E-state index in [1.807, 2.05) is 13.8 Å². The fraction of sp³-hybridized carbons (Fsp3) is 0.680. The zero-order valence-electron chi connectivity index (χ0n) is 44.1. The smallest absolute Gasteiger partial charge is 0.311 e. The highest BCUT2D eigenvalue weighted by atomic mass is 16.5. The number of Topliss-reactive ketones (excluding diaryl/α,β-unsaturated/α-hetero) is 1. The quantitative estimate of drug-likeness (QED) is 0.175. The molecule has 2 rings (SSSR count). The number of carbonyl (C=O) groups is 10. The van der Waals surface area contributed by atoms with Gasteiger partial charge in [0.15, 0.2) is 11.9 Å². The number of benzene rings is 1. The van der Waals surface area contributed by atoms with Crippen LogP contribution in [0.15, 0.2) is 24.3 Å². The second-order valence-corrected chi connectivity index (χ2v) is 19.8. The van der Waals surface area contributed by atoms with Crippen LogP contribution in [0, 0.1) is 29.1 Å². The number of esters is 1. The number of likely N-dealkylation sites (N-methyl/N-ethyl adjacent to an activating group) is 3. The lowest BCUT2D eigenvalue weighted by Gasteiger charge is -2.37. The number of nitrogens with zero attached hydrogens (tertiary/aromatic N) is 3. The molecule has 1 aliphatic rings. The standard InChI is InChI=1S/C50H80N8O12/c1-17-29(7)41-46(65)52-25-38(59)56(13)36(23-27(3)4)44(63)51-26-39(60)58(15)40(28(5)6)47(66)57(14)37(24-33-19-21-34(69-16)22-20-33)45(64)53-31(9)42(61)50(11,12)49(68)54-32(10)43(62)55-35(18-2)30(8)48(67)70-41/h19-22,27-32,35-37,40-41H,17-18,23-26H2,1-16H3,(H,51,63)(H,52,65)(H,53,64)(H,54,68)(H,55,62)/t29-,30-,31+,32-,35+,36-,37-,40-,41-/m0/s1. The third-order valence-electron chi connectivity index (χ3n) is 13.2. The number of ether oxygens (including phenoxy) is 2. The highest BCUT2D eigenvalue weighted by Gasteiger charge is 2.43. The Kier molecular flexibility index (Phi) is 23.0. The summed E-state index contributed by atoms with van der Waals surface area (Å²) in [6.07, 6.45) is -0.501. The first kappa shape index (κ1) is 60.0. The van der Waals surface area contributed by atoms with E-state index in [4.69, 9.17) is 9.47 Å². The van der Waals surface area contributed by atoms with Gasteiger partial charge in [-0.3, -0.25) is 47.9 Å². The molecule has 1 heterocycles. The van der Waals surface area contributed by atoms with E-state index in [-0.39, 0.29) is 25.2 Å². The first-order chi connectivity index (χ1) is 32.5. The number of nitrogens with one attached hydrogen (secondary N) is 5. The van der Waals surface area contributed by atoms with Gasteiger partial charge in [-0.1, -0.05) is 60.6 Å². The molecule has 1 aromatic rings. The van der Waals surface area contributed by atoms with Gasteiger partial charge >= 0.3 is 5.97 Å². The zero-order chi connectivity index (χ0) is 53.5. The van der Waals surface area contributed by atoms with Gasteiger partial charge in [0.1, 0.15) is 35.3 Å². The summed E-state index contributed by atoms with van der Waals surface area (Å²) in [5.74, 6) is -8.57. The van der Waals surface area contributed by atoms with E-state index in [2.05, 4.69) is 26.6 Å². The molecule has 1 aromatic carbocycles. The van der Waals surface area contributed by atoms with Crippen LogP contribution >= 0.6 is 0 Å². The lowest BCUT2D eigenvalue weighted by atomic mass is 9.83. The van der Waals surface area contributed by atoms with Crippen LogP contribution in [-0.4, -0.2) is 157 Å². The second kappa shape index (κ2) is 26.8. The van der Waals surface area contributed by atoms with Crippen molar-refractivity contribution < 1.29 is 57.4 Å². The summed E-state index contributed by atoms with van der Waals surface area (Å²) in [6, 6.07) is 0.0574. The van der Waals surface area contributed by atoms with Crippen molar-refractivity contribution in [2.75, 3.05) is 41.3 Å². The Morgan fingerprint density at radius 2 is 1.26 bits per heavy atom. The van der Waals surface area contributed by atoms with E-state index >= 15 is 0 Å². The van der Waals surface area contributed by atoms with Gasteiger partial charge in [0.05, 0.1) is 32.2 Å². The largest absolute Gasteiger partial charge is 0.497 e. The van der Waals surface area contributed by atoms with E-state index in [0.29, 0.717) is 17.7 Å². The predicted octanol–water partition coefficient (Wildman–Crippen LogP) is 1.76. The maximum atomic E-state index is 14.6. The summed E-state index contributed by atoms with van der Waals surface area (Å²) in [5.41, 5.74) is -1.16. The average molecular weight is 985 g/mol. The first-order valence-electron chi connectivity index (χ1n) is 24.2. The Morgan fingerprint density at radius 3 is 1.77 bits per heavy atom. The zero-order valence-corrected chi connectivity index (χ0v) is 44.1. The van der Waals surface area contributed by atoms with Crippen molar-refractivity contribution in [2.24, 2.45) is 29.1 Å². The molecule has 20 heteroatoms. The van der Waals surface area contributed by atoms with Gasteiger partial charge in [-0.2, -0.15) is 0 Å². The van der Waals surface area contributed by atoms with Crippen LogP contribution in [0.25, 0.3) is 0 Å². The SMILES string of the molecule is CC[C@H](C)[C@@H]1OC(=O)[C@@H](C)[C@@H](CC)NC(=O)[C@H](C)NC(=O)C(C)(C)C(=O)[C@@H](C)NC(=O)[C@H](Cc2ccc(OC)cc2)N(C)C(=O)[C@H](C(C)C)N(C)C(=O)CNC(=O)[C@H](CC(C)C)N(C)C(=O)CNC1=O. The van der Waals surface area contributed by atoms with Crippen molar-refractivity contribution in [3.05, 3.63) is 29.8 Å². The summed E-state index contributed by atoms with van der Waals surface area (Å²) in [7, 11) is 5.72. The van der Waals surface area contributed by atoms with Crippen molar-refractivity contribution in [3.63, 3.8) is 0 Å². The van der Waals surface area contributed by atoms with Crippen LogP contribution < -0.4 is 31.3 Å². The minimum absolute atomic E-state index is 0.0330. The van der Waals surface area contributed by atoms with Crippen LogP contribution in [0.4, 0.5) is 0 Å². The molecule has 8 amide bonds. The summed E-state index contributed by atoms with van der Waals surface area (Å²) in [4.78, 5) is 142. The Hall–Kier alpha value is -6.08. The van der Waals surface area contributed by atoms with Crippen molar-refractivity contribution in [2.45, 2.75) is 151 Å². The van der Waals surface area contributed by atoms with Gasteiger partial charge in [-0.25, -0.2) is 0 Å². The average Bonchev–Trinajstić information content (AvgIpc) is 3.31. The molecule has 0 spiro atoms. The highest BCUT2D eigenvalue weighted by Crippen LogP contribution is 2.23. The Balaban J connectivity index is 2.68. The number of cyclic esters (lactones) is 1. The van der Waals surface area contributed by atoms with E-state index in [9.17, 15) is 47.9 Å². The third-order valence-corrected chi connectivity index (χ3v) is 13.2. The van der Waals surface area contributed by atoms with Gasteiger partial charge in [0.25, 0.3) is 5.91 Å². The fourth-order valence-corrected chi connectivity index (χ4v) is 8.06. The van der Waals surface area contributed by atoms with Crippen molar-refractivity contribution in [1.82, 2.24) is 41.3 Å². The monoisotopic (exact) mass is 985 g/mol. The molecular formula is C50H80N8O12. The number of ketones is 1. The predicted molar refractivity (Wildman–Crippen MR) is 261 cm³/mol. The van der Waals surface area contributed by atoms with Gasteiger partial charge in [0, 0.05) is 39.5 Å². The molecule has 0 aromatic heterocycles. The van der Waals surface area contributed by atoms with Gasteiger partial charge in [-0.15, -0.1) is 0 Å². The molecule has 5 N–H and O–H groups in total. The van der Waals surface area contributed by atoms with Gasteiger partial charge in [0.2, 0.25) is 41.4 Å². The van der Waals surface area contributed by atoms with E-state index in [0.717, 1.165) is 0 Å². The molecule has 0 radical (unpaired) electrons. The molecule has 20 nitrogen and oxygen atoms in total. The molecule has 1 aliphatic heterocycles. The van der Waals surface area contributed by atoms with Crippen molar-refractivity contribution in [3.8, 4) is 5.75 Å². The molecular weight excluding hydrogens is 905 g/mol. The van der Waals surface area contributed by atoms with Crippen LogP contribution in [0.3, 0.4) is 0 Å². The van der Waals surface area contributed by atoms with Crippen molar-refractivity contribution >= 4 is 59.0 Å². The number of hydrogen-bond acceptors (Lipinski definition) is 12. The fourth-order valence-electron chi connectivity index (χ4n) is 8.06. The maximum Gasteiger partial charge on any atom is 0.311 e. The number of rotatable bonds is 9. The minimum Gasteiger partial charge on any atom is -0.497 e. The normalized spacial score (nSPS) is 26.7. The number of hydrogen-bond donors (Lipinski definition) is 5. The Bertz CT molecular complexity index is 2040. The number of methoxy groups -OCH3 is 1. The van der Waals surface area contributed by atoms with E-state index in [1.165, 1.54) is 77.6 Å². The summed E-state index contributed by atoms with van der Waals surface area (Å²) >= 11 is 0. The Morgan fingerprint density at radius 1 is 0.700 bits per heavy atom. The van der Waals surface area contributed by atoms with Crippen LogP contribution in [0.5, 0.6) is 5.75 Å². The molecule has 0 saturated carbocycles. The molecule has 392 valence electrons. The molecule has 70 heavy (non-hydrogen) atoms. The number of amides is 8. The van der Waals surface area contributed by atoms with Crippen molar-refractivity contribution in [1.29, 1.82) is 0 Å². The van der Waals surface area contributed by atoms with Crippen LogP contribution in [0.2, 0.25) is 0 Å². The highest BCUT2D eigenvalue weighted by molar-refractivity contribution is 6.09. The molecule has 1 saturated heterocycles. The Labute approximate surface area is 413 Å². The lowest BCUT2D eigenvalue weighted by Crippen LogP contribution is -2.60. The lowest BCUT2D eigenvalue weighted by molar-refractivity contribution is -0.163.